The normalized spacial score (nSPS) is 25.4. The van der Waals surface area contributed by atoms with Gasteiger partial charge < -0.3 is 14.6 Å². The zero-order chi connectivity index (χ0) is 9.97. The molecular formula is C11H18O3. The zero-order valence-corrected chi connectivity index (χ0v) is 8.61. The van der Waals surface area contributed by atoms with Crippen molar-refractivity contribution in [2.24, 2.45) is 5.92 Å². The van der Waals surface area contributed by atoms with Crippen LogP contribution in [0.15, 0.2) is 11.8 Å². The molecule has 0 amide bonds. The third-order valence-electron chi connectivity index (χ3n) is 2.78. The first-order valence-electron chi connectivity index (χ1n) is 5.45. The largest absolute Gasteiger partial charge is 0.495 e. The Labute approximate surface area is 84.7 Å². The van der Waals surface area contributed by atoms with Gasteiger partial charge in [0.05, 0.1) is 12.7 Å². The monoisotopic (exact) mass is 198 g/mol. The molecule has 0 spiro atoms. The minimum atomic E-state index is -0.551. The molecule has 2 rings (SSSR count). The topological polar surface area (TPSA) is 38.7 Å². The molecule has 1 aliphatic carbocycles. The standard InChI is InChI=1S/C11H18O3/c1-2-13-11(8-5-6-8)10(12)9-4-3-7-14-9/h4,8,10-12H,2-3,5-7H2,1H3. The second-order valence-electron chi connectivity index (χ2n) is 3.95. The van der Waals surface area contributed by atoms with Gasteiger partial charge >= 0.3 is 0 Å². The summed E-state index contributed by atoms with van der Waals surface area (Å²) >= 11 is 0. The lowest BCUT2D eigenvalue weighted by Crippen LogP contribution is -2.33. The molecule has 1 fully saturated rings. The van der Waals surface area contributed by atoms with Gasteiger partial charge in [0.2, 0.25) is 0 Å². The van der Waals surface area contributed by atoms with Crippen LogP contribution in [0.4, 0.5) is 0 Å². The van der Waals surface area contributed by atoms with Gasteiger partial charge in [0.15, 0.2) is 0 Å². The quantitative estimate of drug-likeness (QED) is 0.727. The van der Waals surface area contributed by atoms with E-state index >= 15 is 0 Å². The predicted molar refractivity (Wildman–Crippen MR) is 52.8 cm³/mol. The van der Waals surface area contributed by atoms with Crippen molar-refractivity contribution in [1.82, 2.24) is 0 Å². The van der Waals surface area contributed by atoms with Crippen molar-refractivity contribution in [3.63, 3.8) is 0 Å². The van der Waals surface area contributed by atoms with E-state index in [1.807, 2.05) is 13.0 Å². The lowest BCUT2D eigenvalue weighted by atomic mass is 10.1. The number of rotatable bonds is 5. The molecule has 0 bridgehead atoms. The van der Waals surface area contributed by atoms with Gasteiger partial charge in [0.1, 0.15) is 11.9 Å². The summed E-state index contributed by atoms with van der Waals surface area (Å²) in [5.74, 6) is 1.25. The van der Waals surface area contributed by atoms with Crippen LogP contribution in [0.25, 0.3) is 0 Å². The first-order chi connectivity index (χ1) is 6.83. The maximum absolute atomic E-state index is 10.0. The second-order valence-corrected chi connectivity index (χ2v) is 3.95. The molecule has 2 atom stereocenters. The van der Waals surface area contributed by atoms with E-state index in [-0.39, 0.29) is 6.10 Å². The molecule has 80 valence electrons. The van der Waals surface area contributed by atoms with E-state index in [1.165, 1.54) is 12.8 Å². The number of aliphatic hydroxyl groups excluding tert-OH is 1. The minimum Gasteiger partial charge on any atom is -0.495 e. The Kier molecular flexibility index (Phi) is 3.08. The van der Waals surface area contributed by atoms with Gasteiger partial charge in [0.25, 0.3) is 0 Å². The van der Waals surface area contributed by atoms with E-state index in [1.54, 1.807) is 0 Å². The van der Waals surface area contributed by atoms with Crippen molar-refractivity contribution in [3.8, 4) is 0 Å². The summed E-state index contributed by atoms with van der Waals surface area (Å²) in [6.45, 7) is 3.33. The molecule has 3 heteroatoms. The molecule has 1 heterocycles. The highest BCUT2D eigenvalue weighted by atomic mass is 16.5. The summed E-state index contributed by atoms with van der Waals surface area (Å²) in [7, 11) is 0. The molecule has 0 aromatic heterocycles. The van der Waals surface area contributed by atoms with E-state index in [4.69, 9.17) is 9.47 Å². The molecule has 1 aliphatic heterocycles. The Morgan fingerprint density at radius 2 is 2.43 bits per heavy atom. The van der Waals surface area contributed by atoms with Crippen LogP contribution in [0.5, 0.6) is 0 Å². The van der Waals surface area contributed by atoms with Crippen molar-refractivity contribution < 1.29 is 14.6 Å². The Morgan fingerprint density at radius 3 is 2.93 bits per heavy atom. The van der Waals surface area contributed by atoms with Crippen LogP contribution < -0.4 is 0 Å². The number of hydrogen-bond donors (Lipinski definition) is 1. The summed E-state index contributed by atoms with van der Waals surface area (Å²) in [6, 6.07) is 0. The molecule has 0 aromatic rings. The van der Waals surface area contributed by atoms with Crippen molar-refractivity contribution in [3.05, 3.63) is 11.8 Å². The molecule has 2 aliphatic rings. The maximum Gasteiger partial charge on any atom is 0.137 e. The fraction of sp³-hybridized carbons (Fsp3) is 0.818. The van der Waals surface area contributed by atoms with Crippen molar-refractivity contribution in [1.29, 1.82) is 0 Å². The highest BCUT2D eigenvalue weighted by Crippen LogP contribution is 2.37. The summed E-state index contributed by atoms with van der Waals surface area (Å²) in [4.78, 5) is 0. The van der Waals surface area contributed by atoms with Gasteiger partial charge in [-0.05, 0) is 31.8 Å². The van der Waals surface area contributed by atoms with Crippen LogP contribution in [0, 0.1) is 5.92 Å². The number of aliphatic hydroxyl groups is 1. The maximum atomic E-state index is 10.0. The third-order valence-corrected chi connectivity index (χ3v) is 2.78. The average molecular weight is 198 g/mol. The Bertz CT molecular complexity index is 221. The van der Waals surface area contributed by atoms with Gasteiger partial charge in [0, 0.05) is 13.0 Å². The van der Waals surface area contributed by atoms with Crippen LogP contribution in [-0.2, 0) is 9.47 Å². The van der Waals surface area contributed by atoms with Crippen LogP contribution >= 0.6 is 0 Å². The molecule has 0 radical (unpaired) electrons. The molecular weight excluding hydrogens is 180 g/mol. The van der Waals surface area contributed by atoms with Gasteiger partial charge in [-0.3, -0.25) is 0 Å². The summed E-state index contributed by atoms with van der Waals surface area (Å²) in [5.41, 5.74) is 0. The highest BCUT2D eigenvalue weighted by molar-refractivity contribution is 5.08. The van der Waals surface area contributed by atoms with Crippen molar-refractivity contribution in [2.45, 2.75) is 38.4 Å². The number of ether oxygens (including phenoxy) is 2. The summed E-state index contributed by atoms with van der Waals surface area (Å²) in [5, 5.41) is 10.0. The second kappa shape index (κ2) is 4.32. The molecule has 3 nitrogen and oxygen atoms in total. The number of hydrogen-bond acceptors (Lipinski definition) is 3. The lowest BCUT2D eigenvalue weighted by Gasteiger charge is -2.23. The molecule has 0 saturated heterocycles. The Morgan fingerprint density at radius 1 is 1.64 bits per heavy atom. The fourth-order valence-electron chi connectivity index (χ4n) is 1.91. The van der Waals surface area contributed by atoms with Crippen LogP contribution in [0.1, 0.15) is 26.2 Å². The van der Waals surface area contributed by atoms with E-state index in [0.29, 0.717) is 19.1 Å². The van der Waals surface area contributed by atoms with Crippen molar-refractivity contribution >= 4 is 0 Å². The first kappa shape index (κ1) is 9.99. The zero-order valence-electron chi connectivity index (χ0n) is 8.61. The molecule has 1 N–H and O–H groups in total. The fourth-order valence-corrected chi connectivity index (χ4v) is 1.91. The summed E-state index contributed by atoms with van der Waals surface area (Å²) < 4.78 is 10.9. The lowest BCUT2D eigenvalue weighted by molar-refractivity contribution is -0.0475. The molecule has 2 unspecified atom stereocenters. The van der Waals surface area contributed by atoms with Crippen LogP contribution in [0.3, 0.4) is 0 Å². The van der Waals surface area contributed by atoms with Crippen LogP contribution in [0.2, 0.25) is 0 Å². The van der Waals surface area contributed by atoms with E-state index in [0.717, 1.165) is 12.2 Å². The van der Waals surface area contributed by atoms with E-state index in [2.05, 4.69) is 0 Å². The smallest absolute Gasteiger partial charge is 0.137 e. The van der Waals surface area contributed by atoms with Crippen LogP contribution in [-0.4, -0.2) is 30.5 Å². The van der Waals surface area contributed by atoms with Gasteiger partial charge in [-0.15, -0.1) is 0 Å². The van der Waals surface area contributed by atoms with E-state index in [9.17, 15) is 5.11 Å². The van der Waals surface area contributed by atoms with E-state index < -0.39 is 6.10 Å². The van der Waals surface area contributed by atoms with Gasteiger partial charge in [-0.1, -0.05) is 0 Å². The molecule has 0 aromatic carbocycles. The first-order valence-corrected chi connectivity index (χ1v) is 5.45. The average Bonchev–Trinajstić information content (AvgIpc) is 2.88. The van der Waals surface area contributed by atoms with Gasteiger partial charge in [-0.2, -0.15) is 0 Å². The SMILES string of the molecule is CCOC(C1CC1)C(O)C1=CCCO1. The summed E-state index contributed by atoms with van der Waals surface area (Å²) in [6.07, 6.45) is 4.63. The van der Waals surface area contributed by atoms with Gasteiger partial charge in [-0.25, -0.2) is 0 Å². The molecule has 1 saturated carbocycles. The van der Waals surface area contributed by atoms with Crippen molar-refractivity contribution in [2.75, 3.05) is 13.2 Å². The third kappa shape index (κ3) is 2.10. The minimum absolute atomic E-state index is 0.0515. The highest BCUT2D eigenvalue weighted by Gasteiger charge is 2.39. The Hall–Kier alpha value is -0.540. The predicted octanol–water partition coefficient (Wildman–Crippen LogP) is 1.47. The Balaban J connectivity index is 1.94. The molecule has 14 heavy (non-hydrogen) atoms.